The fraction of sp³-hybridized carbons (Fsp3) is 0. The van der Waals surface area contributed by atoms with Gasteiger partial charge in [0.2, 0.25) is 0 Å². The van der Waals surface area contributed by atoms with Gasteiger partial charge >= 0.3 is 0 Å². The molecule has 0 saturated heterocycles. The number of pyridine rings is 1. The van der Waals surface area contributed by atoms with E-state index in [0.29, 0.717) is 5.69 Å². The van der Waals surface area contributed by atoms with E-state index in [0.717, 1.165) is 0 Å². The molecule has 0 spiro atoms. The molecular weight excluding hydrogens is 126 g/mol. The molecule has 1 aromatic heterocycles. The summed E-state index contributed by atoms with van der Waals surface area (Å²) in [5.41, 5.74) is 2.84. The Morgan fingerprint density at radius 2 is 2.40 bits per heavy atom. The van der Waals surface area contributed by atoms with Gasteiger partial charge in [0.25, 0.3) is 0 Å². The van der Waals surface area contributed by atoms with Gasteiger partial charge in [-0.05, 0) is 12.1 Å². The van der Waals surface area contributed by atoms with E-state index in [-0.39, 0.29) is 5.76 Å². The third-order valence-corrected chi connectivity index (χ3v) is 1.07. The summed E-state index contributed by atoms with van der Waals surface area (Å²) in [4.78, 5) is 3.86. The van der Waals surface area contributed by atoms with E-state index >= 15 is 0 Å². The molecule has 50 valence electrons. The van der Waals surface area contributed by atoms with Crippen molar-refractivity contribution >= 4 is 5.76 Å². The second kappa shape index (κ2) is 2.85. The highest BCUT2D eigenvalue weighted by Gasteiger charge is 1.93. The third kappa shape index (κ3) is 1.24. The van der Waals surface area contributed by atoms with Crippen molar-refractivity contribution in [2.75, 3.05) is 0 Å². The van der Waals surface area contributed by atoms with Crippen LogP contribution in [0.1, 0.15) is 5.69 Å². The highest BCUT2D eigenvalue weighted by Crippen LogP contribution is 2.03. The van der Waals surface area contributed by atoms with E-state index in [1.54, 1.807) is 24.4 Å². The van der Waals surface area contributed by atoms with Gasteiger partial charge in [0.05, 0.1) is 0 Å². The fourth-order valence-corrected chi connectivity index (χ4v) is 0.593. The van der Waals surface area contributed by atoms with Gasteiger partial charge in [-0.1, -0.05) is 18.4 Å². The zero-order valence-corrected chi connectivity index (χ0v) is 5.41. The van der Waals surface area contributed by atoms with Gasteiger partial charge in [-0.3, -0.25) is 4.98 Å². The van der Waals surface area contributed by atoms with Gasteiger partial charge in [0, 0.05) is 6.20 Å². The minimum atomic E-state index is -0.0133. The van der Waals surface area contributed by atoms with Crippen LogP contribution in [0.25, 0.3) is 5.76 Å². The van der Waals surface area contributed by atoms with Crippen LogP contribution in [0.3, 0.4) is 0 Å². The first-order valence-corrected chi connectivity index (χ1v) is 2.85. The first kappa shape index (κ1) is 6.59. The summed E-state index contributed by atoms with van der Waals surface area (Å²) in [6.07, 6.45) is 1.60. The monoisotopic (exact) mass is 133 g/mol. The van der Waals surface area contributed by atoms with Crippen LogP contribution in [0, 0.1) is 0 Å². The summed E-state index contributed by atoms with van der Waals surface area (Å²) in [5, 5.41) is 9.01. The summed E-state index contributed by atoms with van der Waals surface area (Å²) in [5.74, 6) is -0.0133. The molecule has 2 heteroatoms. The normalized spacial score (nSPS) is 8.40. The molecule has 1 heterocycles. The molecule has 0 atom stereocenters. The van der Waals surface area contributed by atoms with Crippen molar-refractivity contribution in [3.05, 3.63) is 42.4 Å². The number of nitrogens with zero attached hydrogens (tertiary/aromatic N) is 1. The second-order valence-electron chi connectivity index (χ2n) is 1.74. The summed E-state index contributed by atoms with van der Waals surface area (Å²) < 4.78 is 0. The lowest BCUT2D eigenvalue weighted by Gasteiger charge is -1.92. The van der Waals surface area contributed by atoms with Crippen molar-refractivity contribution in [1.82, 2.24) is 4.98 Å². The van der Waals surface area contributed by atoms with Crippen LogP contribution in [-0.2, 0) is 0 Å². The van der Waals surface area contributed by atoms with E-state index in [2.05, 4.69) is 17.3 Å². The summed E-state index contributed by atoms with van der Waals surface area (Å²) in [6, 6.07) is 5.25. The van der Waals surface area contributed by atoms with E-state index in [4.69, 9.17) is 5.11 Å². The lowest BCUT2D eigenvalue weighted by atomic mass is 10.3. The number of hydrogen-bond acceptors (Lipinski definition) is 2. The van der Waals surface area contributed by atoms with Crippen molar-refractivity contribution in [3.63, 3.8) is 0 Å². The van der Waals surface area contributed by atoms with E-state index in [1.165, 1.54) is 0 Å². The Bertz CT molecular complexity index is 260. The maximum Gasteiger partial charge on any atom is 0.185 e. The van der Waals surface area contributed by atoms with Crippen molar-refractivity contribution in [2.45, 2.75) is 0 Å². The zero-order valence-electron chi connectivity index (χ0n) is 5.41. The number of hydrogen-bond donors (Lipinski definition) is 1. The van der Waals surface area contributed by atoms with Crippen molar-refractivity contribution in [3.8, 4) is 0 Å². The van der Waals surface area contributed by atoms with Crippen LogP contribution < -0.4 is 0 Å². The molecule has 0 saturated carbocycles. The van der Waals surface area contributed by atoms with Gasteiger partial charge < -0.3 is 5.11 Å². The highest BCUT2D eigenvalue weighted by molar-refractivity contribution is 5.52. The molecule has 1 N–H and O–H groups in total. The van der Waals surface area contributed by atoms with E-state index < -0.39 is 0 Å². The molecule has 1 aromatic rings. The van der Waals surface area contributed by atoms with E-state index in [9.17, 15) is 0 Å². The van der Waals surface area contributed by atoms with Gasteiger partial charge in [0.15, 0.2) is 5.76 Å². The average molecular weight is 133 g/mol. The summed E-state index contributed by atoms with van der Waals surface area (Å²) in [6.45, 7) is 3.28. The largest absolute Gasteiger partial charge is 0.500 e. The lowest BCUT2D eigenvalue weighted by molar-refractivity contribution is 0.509. The van der Waals surface area contributed by atoms with Crippen molar-refractivity contribution < 1.29 is 5.11 Å². The highest BCUT2D eigenvalue weighted by atomic mass is 16.3. The Hall–Kier alpha value is -1.53. The smallest absolute Gasteiger partial charge is 0.185 e. The van der Waals surface area contributed by atoms with Gasteiger partial charge in [0.1, 0.15) is 5.69 Å². The molecule has 0 radical (unpaired) electrons. The number of aliphatic hydroxyl groups excluding tert-OH is 1. The molecule has 0 aliphatic heterocycles. The molecule has 0 amide bonds. The fourth-order valence-electron chi connectivity index (χ4n) is 0.593. The van der Waals surface area contributed by atoms with Gasteiger partial charge in [-0.25, -0.2) is 0 Å². The van der Waals surface area contributed by atoms with Crippen LogP contribution in [0.15, 0.2) is 36.7 Å². The molecule has 0 aromatic carbocycles. The molecular formula is C8H7NO. The van der Waals surface area contributed by atoms with Crippen molar-refractivity contribution in [2.24, 2.45) is 0 Å². The topological polar surface area (TPSA) is 33.1 Å². The molecule has 0 unspecified atom stereocenters. The molecule has 1 rings (SSSR count). The molecule has 0 bridgehead atoms. The predicted octanol–water partition coefficient (Wildman–Crippen LogP) is 1.77. The summed E-state index contributed by atoms with van der Waals surface area (Å²) in [7, 11) is 0. The minimum Gasteiger partial charge on any atom is -0.500 e. The Morgan fingerprint density at radius 1 is 1.60 bits per heavy atom. The molecule has 10 heavy (non-hydrogen) atoms. The predicted molar refractivity (Wildman–Crippen MR) is 39.4 cm³/mol. The summed E-state index contributed by atoms with van der Waals surface area (Å²) >= 11 is 0. The first-order valence-electron chi connectivity index (χ1n) is 2.85. The second-order valence-corrected chi connectivity index (χ2v) is 1.74. The molecule has 2 nitrogen and oxygen atoms in total. The molecule has 0 aliphatic carbocycles. The Balaban J connectivity index is 3.08. The Morgan fingerprint density at radius 3 is 2.90 bits per heavy atom. The lowest BCUT2D eigenvalue weighted by Crippen LogP contribution is -1.83. The maximum absolute atomic E-state index is 9.01. The SMILES string of the molecule is C=C=C(O)c1ccccn1. The minimum absolute atomic E-state index is 0.0133. The number of rotatable bonds is 1. The average Bonchev–Trinajstić information content (AvgIpc) is 2.05. The van der Waals surface area contributed by atoms with Crippen LogP contribution in [0.5, 0.6) is 0 Å². The molecule has 0 aliphatic rings. The standard InChI is InChI=1S/C8H7NO/c1-2-8(10)7-5-3-4-6-9-7/h3-6,10H,1H2. The van der Waals surface area contributed by atoms with Crippen LogP contribution in [-0.4, -0.2) is 10.1 Å². The van der Waals surface area contributed by atoms with Crippen LogP contribution in [0.2, 0.25) is 0 Å². The van der Waals surface area contributed by atoms with Crippen LogP contribution in [0.4, 0.5) is 0 Å². The Kier molecular flexibility index (Phi) is 1.88. The third-order valence-electron chi connectivity index (χ3n) is 1.07. The van der Waals surface area contributed by atoms with Gasteiger partial charge in [-0.2, -0.15) is 0 Å². The van der Waals surface area contributed by atoms with Crippen molar-refractivity contribution in [1.29, 1.82) is 0 Å². The zero-order chi connectivity index (χ0) is 7.40. The first-order chi connectivity index (χ1) is 4.84. The quantitative estimate of drug-likeness (QED) is 0.467. The maximum atomic E-state index is 9.01. The van der Waals surface area contributed by atoms with Crippen LogP contribution >= 0.6 is 0 Å². The Labute approximate surface area is 59.2 Å². The van der Waals surface area contributed by atoms with E-state index in [1.807, 2.05) is 0 Å². The number of aliphatic hydroxyl groups is 1. The molecule has 0 fully saturated rings. The van der Waals surface area contributed by atoms with Gasteiger partial charge in [-0.15, -0.1) is 0 Å². The number of aromatic nitrogens is 1.